The van der Waals surface area contributed by atoms with Gasteiger partial charge in [-0.05, 0) is 37.7 Å². The van der Waals surface area contributed by atoms with Gasteiger partial charge in [0.05, 0.1) is 7.11 Å². The zero-order chi connectivity index (χ0) is 13.2. The fourth-order valence-electron chi connectivity index (χ4n) is 1.86. The van der Waals surface area contributed by atoms with E-state index in [1.807, 2.05) is 12.1 Å². The molecule has 102 valence electrons. The third kappa shape index (κ3) is 6.03. The molecule has 3 nitrogen and oxygen atoms in total. The second-order valence-corrected chi connectivity index (χ2v) is 4.69. The van der Waals surface area contributed by atoms with Crippen LogP contribution in [0.4, 0.5) is 0 Å². The number of methoxy groups -OCH3 is 1. The summed E-state index contributed by atoms with van der Waals surface area (Å²) < 4.78 is 5.23. The highest BCUT2D eigenvalue weighted by Gasteiger charge is 2.01. The second-order valence-electron chi connectivity index (χ2n) is 4.69. The maximum absolute atomic E-state index is 5.23. The van der Waals surface area contributed by atoms with Crippen LogP contribution in [0.25, 0.3) is 0 Å². The summed E-state index contributed by atoms with van der Waals surface area (Å²) in [7, 11) is 3.86. The van der Waals surface area contributed by atoms with Gasteiger partial charge < -0.3 is 15.0 Å². The molecular weight excluding hydrogens is 224 g/mol. The number of likely N-dealkylation sites (N-methyl/N-ethyl adjacent to an activating group) is 1. The number of unbranched alkanes of at least 4 members (excludes halogenated alkanes) is 1. The van der Waals surface area contributed by atoms with Crippen molar-refractivity contribution < 1.29 is 4.74 Å². The van der Waals surface area contributed by atoms with E-state index >= 15 is 0 Å². The zero-order valence-electron chi connectivity index (χ0n) is 11.9. The fourth-order valence-corrected chi connectivity index (χ4v) is 1.86. The standard InChI is InChI=1S/C15H26N2O/c1-4-5-9-16-10-11-17(2)13-14-7-6-8-15(12-14)18-3/h6-8,12,16H,4-5,9-11,13H2,1-3H3. The van der Waals surface area contributed by atoms with Crippen molar-refractivity contribution in [1.82, 2.24) is 10.2 Å². The first-order valence-electron chi connectivity index (χ1n) is 6.78. The van der Waals surface area contributed by atoms with Crippen LogP contribution in [0, 0.1) is 0 Å². The average Bonchev–Trinajstić information content (AvgIpc) is 2.38. The van der Waals surface area contributed by atoms with Crippen molar-refractivity contribution in [2.24, 2.45) is 0 Å². The quantitative estimate of drug-likeness (QED) is 0.682. The lowest BCUT2D eigenvalue weighted by Crippen LogP contribution is -2.29. The zero-order valence-corrected chi connectivity index (χ0v) is 11.9. The molecule has 0 fully saturated rings. The van der Waals surface area contributed by atoms with Crippen LogP contribution < -0.4 is 10.1 Å². The minimum Gasteiger partial charge on any atom is -0.497 e. The molecule has 0 radical (unpaired) electrons. The van der Waals surface area contributed by atoms with E-state index < -0.39 is 0 Å². The molecule has 0 unspecified atom stereocenters. The van der Waals surface area contributed by atoms with Gasteiger partial charge in [0, 0.05) is 19.6 Å². The summed E-state index contributed by atoms with van der Waals surface area (Å²) >= 11 is 0. The molecule has 0 atom stereocenters. The Morgan fingerprint density at radius 2 is 2.11 bits per heavy atom. The van der Waals surface area contributed by atoms with Crippen molar-refractivity contribution in [3.8, 4) is 5.75 Å². The van der Waals surface area contributed by atoms with Gasteiger partial charge in [-0.1, -0.05) is 25.5 Å². The van der Waals surface area contributed by atoms with Crippen molar-refractivity contribution in [1.29, 1.82) is 0 Å². The Balaban J connectivity index is 2.24. The molecule has 0 aliphatic heterocycles. The van der Waals surface area contributed by atoms with Crippen molar-refractivity contribution in [2.45, 2.75) is 26.3 Å². The normalized spacial score (nSPS) is 10.9. The van der Waals surface area contributed by atoms with E-state index in [-0.39, 0.29) is 0 Å². The van der Waals surface area contributed by atoms with E-state index in [1.165, 1.54) is 18.4 Å². The first-order valence-corrected chi connectivity index (χ1v) is 6.78. The number of hydrogen-bond acceptors (Lipinski definition) is 3. The van der Waals surface area contributed by atoms with Gasteiger partial charge in [0.25, 0.3) is 0 Å². The van der Waals surface area contributed by atoms with E-state index in [2.05, 4.69) is 36.3 Å². The summed E-state index contributed by atoms with van der Waals surface area (Å²) in [6.45, 7) is 6.44. The molecule has 0 spiro atoms. The van der Waals surface area contributed by atoms with E-state index in [1.54, 1.807) is 7.11 Å². The Hall–Kier alpha value is -1.06. The van der Waals surface area contributed by atoms with Crippen LogP contribution in [0.3, 0.4) is 0 Å². The SMILES string of the molecule is CCCCNCCN(C)Cc1cccc(OC)c1. The highest BCUT2D eigenvalue weighted by molar-refractivity contribution is 5.28. The molecule has 0 saturated heterocycles. The van der Waals surface area contributed by atoms with Gasteiger partial charge in [0.15, 0.2) is 0 Å². The van der Waals surface area contributed by atoms with Crippen LogP contribution in [0.15, 0.2) is 24.3 Å². The number of benzene rings is 1. The van der Waals surface area contributed by atoms with E-state index in [9.17, 15) is 0 Å². The molecule has 1 N–H and O–H groups in total. The summed E-state index contributed by atoms with van der Waals surface area (Å²) in [4.78, 5) is 2.33. The van der Waals surface area contributed by atoms with Gasteiger partial charge in [-0.15, -0.1) is 0 Å². The third-order valence-electron chi connectivity index (χ3n) is 2.96. The largest absolute Gasteiger partial charge is 0.497 e. The molecule has 0 heterocycles. The van der Waals surface area contributed by atoms with Crippen molar-refractivity contribution >= 4 is 0 Å². The van der Waals surface area contributed by atoms with Crippen molar-refractivity contribution in [3.63, 3.8) is 0 Å². The Kier molecular flexibility index (Phi) is 7.46. The predicted molar refractivity (Wildman–Crippen MR) is 77.1 cm³/mol. The summed E-state index contributed by atoms with van der Waals surface area (Å²) in [6, 6.07) is 8.27. The van der Waals surface area contributed by atoms with E-state index in [0.29, 0.717) is 0 Å². The maximum Gasteiger partial charge on any atom is 0.119 e. The minimum atomic E-state index is 0.932. The summed E-state index contributed by atoms with van der Waals surface area (Å²) in [5.41, 5.74) is 1.30. The van der Waals surface area contributed by atoms with Crippen LogP contribution in [0.2, 0.25) is 0 Å². The molecule has 1 aromatic rings. The first-order chi connectivity index (χ1) is 8.76. The minimum absolute atomic E-state index is 0.932. The highest BCUT2D eigenvalue weighted by atomic mass is 16.5. The number of nitrogens with zero attached hydrogens (tertiary/aromatic N) is 1. The molecule has 0 bridgehead atoms. The maximum atomic E-state index is 5.23. The van der Waals surface area contributed by atoms with E-state index in [0.717, 1.165) is 31.9 Å². The van der Waals surface area contributed by atoms with Crippen LogP contribution in [0.5, 0.6) is 5.75 Å². The van der Waals surface area contributed by atoms with Crippen LogP contribution >= 0.6 is 0 Å². The van der Waals surface area contributed by atoms with Crippen LogP contribution in [-0.2, 0) is 6.54 Å². The lowest BCUT2D eigenvalue weighted by molar-refractivity contribution is 0.323. The van der Waals surface area contributed by atoms with Crippen molar-refractivity contribution in [3.05, 3.63) is 29.8 Å². The molecule has 18 heavy (non-hydrogen) atoms. The molecule has 0 aliphatic rings. The number of hydrogen-bond donors (Lipinski definition) is 1. The van der Waals surface area contributed by atoms with Gasteiger partial charge in [-0.3, -0.25) is 0 Å². The van der Waals surface area contributed by atoms with Crippen LogP contribution in [-0.4, -0.2) is 38.7 Å². The molecule has 1 rings (SSSR count). The Morgan fingerprint density at radius 1 is 1.28 bits per heavy atom. The molecular formula is C15H26N2O. The number of ether oxygens (including phenoxy) is 1. The van der Waals surface area contributed by atoms with Gasteiger partial charge >= 0.3 is 0 Å². The van der Waals surface area contributed by atoms with Gasteiger partial charge in [-0.2, -0.15) is 0 Å². The molecule has 0 aliphatic carbocycles. The highest BCUT2D eigenvalue weighted by Crippen LogP contribution is 2.13. The predicted octanol–water partition coefficient (Wildman–Crippen LogP) is 2.52. The summed E-state index contributed by atoms with van der Waals surface area (Å²) in [5.74, 6) is 0.932. The Morgan fingerprint density at radius 3 is 2.83 bits per heavy atom. The first kappa shape index (κ1) is 15.0. The number of nitrogens with one attached hydrogen (secondary N) is 1. The molecule has 0 aromatic heterocycles. The van der Waals surface area contributed by atoms with Gasteiger partial charge in [0.2, 0.25) is 0 Å². The molecule has 0 amide bonds. The third-order valence-corrected chi connectivity index (χ3v) is 2.96. The molecule has 0 saturated carbocycles. The molecule has 1 aromatic carbocycles. The van der Waals surface area contributed by atoms with Crippen LogP contribution in [0.1, 0.15) is 25.3 Å². The summed E-state index contributed by atoms with van der Waals surface area (Å²) in [6.07, 6.45) is 2.52. The average molecular weight is 250 g/mol. The van der Waals surface area contributed by atoms with Crippen molar-refractivity contribution in [2.75, 3.05) is 33.8 Å². The second kappa shape index (κ2) is 8.95. The lowest BCUT2D eigenvalue weighted by atomic mass is 10.2. The van der Waals surface area contributed by atoms with Gasteiger partial charge in [-0.25, -0.2) is 0 Å². The van der Waals surface area contributed by atoms with Gasteiger partial charge in [0.1, 0.15) is 5.75 Å². The monoisotopic (exact) mass is 250 g/mol. The lowest BCUT2D eigenvalue weighted by Gasteiger charge is -2.17. The topological polar surface area (TPSA) is 24.5 Å². The fraction of sp³-hybridized carbons (Fsp3) is 0.600. The Labute approximate surface area is 111 Å². The smallest absolute Gasteiger partial charge is 0.119 e. The number of rotatable bonds is 9. The Bertz CT molecular complexity index is 328. The summed E-state index contributed by atoms with van der Waals surface area (Å²) in [5, 5.41) is 3.46. The van der Waals surface area contributed by atoms with E-state index in [4.69, 9.17) is 4.74 Å². The molecule has 3 heteroatoms.